The topological polar surface area (TPSA) is 101 Å². The SMILES string of the molecule is CN(Cc1cccc(N)c1)c1nccc(/C=C2\SC(=O)NC2=O)n1. The van der Waals surface area contributed by atoms with Crippen LogP contribution in [0.15, 0.2) is 41.4 Å². The van der Waals surface area contributed by atoms with Crippen molar-refractivity contribution in [3.63, 3.8) is 0 Å². The first-order valence-electron chi connectivity index (χ1n) is 7.15. The van der Waals surface area contributed by atoms with Crippen molar-refractivity contribution in [2.24, 2.45) is 0 Å². The van der Waals surface area contributed by atoms with Crippen LogP contribution < -0.4 is 16.0 Å². The molecule has 0 spiro atoms. The van der Waals surface area contributed by atoms with Crippen molar-refractivity contribution in [2.75, 3.05) is 17.7 Å². The van der Waals surface area contributed by atoms with E-state index in [4.69, 9.17) is 5.73 Å². The van der Waals surface area contributed by atoms with Crippen molar-refractivity contribution in [3.8, 4) is 0 Å². The first-order chi connectivity index (χ1) is 11.5. The second kappa shape index (κ2) is 6.71. The number of hydrogen-bond donors (Lipinski definition) is 2. The summed E-state index contributed by atoms with van der Waals surface area (Å²) in [6.07, 6.45) is 3.19. The van der Waals surface area contributed by atoms with Crippen LogP contribution in [0.5, 0.6) is 0 Å². The summed E-state index contributed by atoms with van der Waals surface area (Å²) in [6.45, 7) is 0.596. The van der Waals surface area contributed by atoms with Gasteiger partial charge in [-0.3, -0.25) is 14.9 Å². The maximum absolute atomic E-state index is 11.6. The highest BCUT2D eigenvalue weighted by Gasteiger charge is 2.25. The van der Waals surface area contributed by atoms with Crippen molar-refractivity contribution in [3.05, 3.63) is 52.7 Å². The van der Waals surface area contributed by atoms with E-state index in [1.165, 1.54) is 0 Å². The van der Waals surface area contributed by atoms with Gasteiger partial charge in [0.2, 0.25) is 5.95 Å². The fraction of sp³-hybridized carbons (Fsp3) is 0.125. The smallest absolute Gasteiger partial charge is 0.290 e. The number of amides is 2. The Labute approximate surface area is 143 Å². The molecule has 2 heterocycles. The molecule has 7 nitrogen and oxygen atoms in total. The van der Waals surface area contributed by atoms with E-state index >= 15 is 0 Å². The quantitative estimate of drug-likeness (QED) is 0.648. The molecule has 0 aliphatic carbocycles. The van der Waals surface area contributed by atoms with Crippen molar-refractivity contribution >= 4 is 40.6 Å². The number of carbonyl (C=O) groups excluding carboxylic acids is 2. The van der Waals surface area contributed by atoms with Crippen LogP contribution in [0.25, 0.3) is 6.08 Å². The molecule has 1 saturated heterocycles. The Morgan fingerprint density at radius 1 is 1.33 bits per heavy atom. The summed E-state index contributed by atoms with van der Waals surface area (Å²) in [6, 6.07) is 9.28. The van der Waals surface area contributed by atoms with Gasteiger partial charge in [0.25, 0.3) is 11.1 Å². The summed E-state index contributed by atoms with van der Waals surface area (Å²) in [5.41, 5.74) is 8.10. The third kappa shape index (κ3) is 3.72. The molecule has 0 unspecified atom stereocenters. The summed E-state index contributed by atoms with van der Waals surface area (Å²) < 4.78 is 0. The van der Waals surface area contributed by atoms with E-state index in [9.17, 15) is 9.59 Å². The van der Waals surface area contributed by atoms with Gasteiger partial charge in [0.15, 0.2) is 0 Å². The maximum Gasteiger partial charge on any atom is 0.290 e. The molecule has 1 aromatic carbocycles. The van der Waals surface area contributed by atoms with Crippen LogP contribution in [0.1, 0.15) is 11.3 Å². The molecule has 0 saturated carbocycles. The van der Waals surface area contributed by atoms with Crippen molar-refractivity contribution < 1.29 is 9.59 Å². The third-order valence-corrected chi connectivity index (χ3v) is 4.11. The minimum absolute atomic E-state index is 0.322. The molecule has 1 fully saturated rings. The lowest BCUT2D eigenvalue weighted by molar-refractivity contribution is -0.115. The number of rotatable bonds is 4. The molecule has 3 N–H and O–H groups in total. The third-order valence-electron chi connectivity index (χ3n) is 3.30. The molecule has 3 rings (SSSR count). The van der Waals surface area contributed by atoms with Gasteiger partial charge < -0.3 is 10.6 Å². The number of nitrogen functional groups attached to an aromatic ring is 1. The summed E-state index contributed by atoms with van der Waals surface area (Å²) in [5, 5.41) is 1.84. The lowest BCUT2D eigenvalue weighted by Crippen LogP contribution is -2.19. The number of imide groups is 1. The van der Waals surface area contributed by atoms with Crippen LogP contribution in [-0.2, 0) is 11.3 Å². The highest BCUT2D eigenvalue weighted by atomic mass is 32.2. The summed E-state index contributed by atoms with van der Waals surface area (Å²) in [5.74, 6) is 0.111. The normalized spacial score (nSPS) is 15.6. The van der Waals surface area contributed by atoms with Crippen LogP contribution in [0.3, 0.4) is 0 Å². The zero-order chi connectivity index (χ0) is 17.1. The second-order valence-corrected chi connectivity index (χ2v) is 6.25. The van der Waals surface area contributed by atoms with Crippen LogP contribution in [0.4, 0.5) is 16.4 Å². The Kier molecular flexibility index (Phi) is 4.48. The number of nitrogens with two attached hydrogens (primary N) is 1. The number of nitrogens with zero attached hydrogens (tertiary/aromatic N) is 3. The number of aromatic nitrogens is 2. The van der Waals surface area contributed by atoms with Gasteiger partial charge in [0.05, 0.1) is 10.6 Å². The molecule has 1 aromatic heterocycles. The predicted octanol–water partition coefficient (Wildman–Crippen LogP) is 2.02. The first kappa shape index (κ1) is 16.0. The van der Waals surface area contributed by atoms with Gasteiger partial charge >= 0.3 is 0 Å². The molecule has 0 radical (unpaired) electrons. The van der Waals surface area contributed by atoms with Crippen LogP contribution in [0, 0.1) is 0 Å². The lowest BCUT2D eigenvalue weighted by atomic mass is 10.2. The van der Waals surface area contributed by atoms with Crippen LogP contribution in [-0.4, -0.2) is 28.2 Å². The van der Waals surface area contributed by atoms with E-state index in [0.717, 1.165) is 17.3 Å². The Balaban J connectivity index is 1.78. The molecule has 1 aliphatic heterocycles. The van der Waals surface area contributed by atoms with E-state index in [2.05, 4.69) is 15.3 Å². The number of benzene rings is 1. The number of carbonyl (C=O) groups is 2. The molecule has 2 amide bonds. The number of hydrogen-bond acceptors (Lipinski definition) is 7. The molecular formula is C16H15N5O2S. The van der Waals surface area contributed by atoms with E-state index in [1.807, 2.05) is 36.2 Å². The fourth-order valence-corrected chi connectivity index (χ4v) is 2.88. The maximum atomic E-state index is 11.6. The molecule has 0 atom stereocenters. The fourth-order valence-electron chi connectivity index (χ4n) is 2.22. The molecule has 2 aromatic rings. The van der Waals surface area contributed by atoms with E-state index in [0.29, 0.717) is 28.8 Å². The molecule has 8 heteroatoms. The molecule has 0 bridgehead atoms. The average Bonchev–Trinajstić information content (AvgIpc) is 2.85. The van der Waals surface area contributed by atoms with E-state index < -0.39 is 5.91 Å². The Morgan fingerprint density at radius 2 is 2.17 bits per heavy atom. The largest absolute Gasteiger partial charge is 0.399 e. The zero-order valence-corrected chi connectivity index (χ0v) is 13.7. The van der Waals surface area contributed by atoms with Crippen molar-refractivity contribution in [1.82, 2.24) is 15.3 Å². The van der Waals surface area contributed by atoms with Gasteiger partial charge in [-0.25, -0.2) is 9.97 Å². The van der Waals surface area contributed by atoms with Gasteiger partial charge in [0, 0.05) is 25.5 Å². The number of anilines is 2. The minimum atomic E-state index is -0.404. The molecule has 1 aliphatic rings. The zero-order valence-electron chi connectivity index (χ0n) is 12.9. The number of thioether (sulfide) groups is 1. The standard InChI is InChI=1S/C16H15N5O2S/c1-21(9-10-3-2-4-11(17)7-10)15-18-6-5-12(19-15)8-13-14(22)20-16(23)24-13/h2-8H,9,17H2,1H3,(H,20,22,23)/b13-8-. The second-order valence-electron chi connectivity index (χ2n) is 5.23. The monoisotopic (exact) mass is 341 g/mol. The van der Waals surface area contributed by atoms with Gasteiger partial charge in [-0.15, -0.1) is 0 Å². The summed E-state index contributed by atoms with van der Waals surface area (Å²) >= 11 is 0.861. The minimum Gasteiger partial charge on any atom is -0.399 e. The van der Waals surface area contributed by atoms with Gasteiger partial charge in [-0.05, 0) is 41.6 Å². The highest BCUT2D eigenvalue weighted by molar-refractivity contribution is 8.18. The van der Waals surface area contributed by atoms with Crippen LogP contribution in [0.2, 0.25) is 0 Å². The van der Waals surface area contributed by atoms with E-state index in [-0.39, 0.29) is 5.24 Å². The Bertz CT molecular complexity index is 837. The Morgan fingerprint density at radius 3 is 2.88 bits per heavy atom. The van der Waals surface area contributed by atoms with Gasteiger partial charge in [-0.2, -0.15) is 0 Å². The molecular weight excluding hydrogens is 326 g/mol. The van der Waals surface area contributed by atoms with Crippen molar-refractivity contribution in [1.29, 1.82) is 0 Å². The predicted molar refractivity (Wildman–Crippen MR) is 94.1 cm³/mol. The molecule has 24 heavy (non-hydrogen) atoms. The number of nitrogens with one attached hydrogen (secondary N) is 1. The Hall–Kier alpha value is -2.87. The van der Waals surface area contributed by atoms with Gasteiger partial charge in [-0.1, -0.05) is 12.1 Å². The van der Waals surface area contributed by atoms with Crippen molar-refractivity contribution in [2.45, 2.75) is 6.54 Å². The lowest BCUT2D eigenvalue weighted by Gasteiger charge is -2.17. The van der Waals surface area contributed by atoms with Crippen LogP contribution >= 0.6 is 11.8 Å². The molecule has 122 valence electrons. The average molecular weight is 341 g/mol. The highest BCUT2D eigenvalue weighted by Crippen LogP contribution is 2.25. The van der Waals surface area contributed by atoms with E-state index in [1.54, 1.807) is 18.3 Å². The summed E-state index contributed by atoms with van der Waals surface area (Å²) in [4.78, 5) is 33.7. The first-order valence-corrected chi connectivity index (χ1v) is 7.96. The summed E-state index contributed by atoms with van der Waals surface area (Å²) in [7, 11) is 1.87. The van der Waals surface area contributed by atoms with Gasteiger partial charge in [0.1, 0.15) is 0 Å².